The number of esters is 1. The van der Waals surface area contributed by atoms with Crippen LogP contribution in [0.4, 0.5) is 5.69 Å². The molecule has 0 radical (unpaired) electrons. The second-order valence-corrected chi connectivity index (χ2v) is 6.89. The molecule has 0 aliphatic rings. The lowest BCUT2D eigenvalue weighted by atomic mass is 10.1. The number of carbonyl (C=O) groups excluding carboxylic acids is 3. The van der Waals surface area contributed by atoms with E-state index in [4.69, 9.17) is 21.1 Å². The standard InChI is InChI=1S/C21H23ClN2O5/c1-14-4-7-17(8-5-14)23-19(25)12-24(2)20(26)13-29-21(27)11-15-10-16(22)6-9-18(15)28-3/h4-10H,11-13H2,1-3H3,(H,23,25). The number of aryl methyl sites for hydroxylation is 1. The number of anilines is 1. The van der Waals surface area contributed by atoms with Crippen molar-refractivity contribution in [1.29, 1.82) is 0 Å². The normalized spacial score (nSPS) is 10.2. The van der Waals surface area contributed by atoms with E-state index in [2.05, 4.69) is 5.32 Å². The number of ether oxygens (including phenoxy) is 2. The van der Waals surface area contributed by atoms with Crippen molar-refractivity contribution < 1.29 is 23.9 Å². The lowest BCUT2D eigenvalue weighted by molar-refractivity contribution is -0.151. The minimum absolute atomic E-state index is 0.0887. The molecule has 0 unspecified atom stereocenters. The Bertz CT molecular complexity index is 883. The van der Waals surface area contributed by atoms with Crippen molar-refractivity contribution in [3.63, 3.8) is 0 Å². The average molecular weight is 419 g/mol. The Hall–Kier alpha value is -3.06. The Morgan fingerprint density at radius 2 is 1.79 bits per heavy atom. The summed E-state index contributed by atoms with van der Waals surface area (Å²) in [5, 5.41) is 3.17. The van der Waals surface area contributed by atoms with Crippen molar-refractivity contribution in [2.75, 3.05) is 32.6 Å². The van der Waals surface area contributed by atoms with Gasteiger partial charge in [0.05, 0.1) is 20.1 Å². The van der Waals surface area contributed by atoms with Crippen LogP contribution >= 0.6 is 11.6 Å². The molecule has 154 valence electrons. The van der Waals surface area contributed by atoms with Gasteiger partial charge >= 0.3 is 5.97 Å². The molecular formula is C21H23ClN2O5. The highest BCUT2D eigenvalue weighted by atomic mass is 35.5. The van der Waals surface area contributed by atoms with E-state index in [1.807, 2.05) is 19.1 Å². The lowest BCUT2D eigenvalue weighted by Gasteiger charge is -2.17. The molecule has 29 heavy (non-hydrogen) atoms. The fraction of sp³-hybridized carbons (Fsp3) is 0.286. The van der Waals surface area contributed by atoms with Crippen LogP contribution in [-0.2, 0) is 25.5 Å². The number of amides is 2. The molecule has 0 saturated carbocycles. The molecule has 2 rings (SSSR count). The molecule has 0 heterocycles. The van der Waals surface area contributed by atoms with Gasteiger partial charge in [0.1, 0.15) is 5.75 Å². The Labute approximate surface area is 174 Å². The first-order chi connectivity index (χ1) is 13.8. The average Bonchev–Trinajstić information content (AvgIpc) is 2.68. The number of hydrogen-bond acceptors (Lipinski definition) is 5. The molecule has 2 aromatic rings. The predicted molar refractivity (Wildman–Crippen MR) is 110 cm³/mol. The molecule has 2 aromatic carbocycles. The monoisotopic (exact) mass is 418 g/mol. The predicted octanol–water partition coefficient (Wildman–Crippen LogP) is 2.84. The topological polar surface area (TPSA) is 84.9 Å². The molecule has 7 nitrogen and oxygen atoms in total. The first-order valence-corrected chi connectivity index (χ1v) is 9.25. The highest BCUT2D eigenvalue weighted by molar-refractivity contribution is 6.30. The molecule has 0 aliphatic heterocycles. The van der Waals surface area contributed by atoms with Crippen LogP contribution < -0.4 is 10.1 Å². The summed E-state index contributed by atoms with van der Waals surface area (Å²) in [5.74, 6) is -0.936. The first-order valence-electron chi connectivity index (χ1n) is 8.87. The SMILES string of the molecule is COc1ccc(Cl)cc1CC(=O)OCC(=O)N(C)CC(=O)Nc1ccc(C)cc1. The van der Waals surface area contributed by atoms with Gasteiger partial charge in [-0.25, -0.2) is 0 Å². The molecule has 8 heteroatoms. The van der Waals surface area contributed by atoms with Crippen LogP contribution in [0.5, 0.6) is 5.75 Å². The summed E-state index contributed by atoms with van der Waals surface area (Å²) in [4.78, 5) is 37.4. The molecule has 0 bridgehead atoms. The van der Waals surface area contributed by atoms with E-state index in [9.17, 15) is 14.4 Å². The van der Waals surface area contributed by atoms with E-state index in [1.165, 1.54) is 19.1 Å². The van der Waals surface area contributed by atoms with Crippen molar-refractivity contribution >= 4 is 35.1 Å². The molecule has 0 aliphatic carbocycles. The minimum Gasteiger partial charge on any atom is -0.496 e. The Morgan fingerprint density at radius 1 is 1.10 bits per heavy atom. The summed E-state index contributed by atoms with van der Waals surface area (Å²) < 4.78 is 10.2. The van der Waals surface area contributed by atoms with Crippen LogP contribution in [0, 0.1) is 6.92 Å². The first kappa shape index (κ1) is 22.2. The van der Waals surface area contributed by atoms with Crippen LogP contribution in [-0.4, -0.2) is 50.0 Å². The number of hydrogen-bond donors (Lipinski definition) is 1. The number of likely N-dealkylation sites (N-methyl/N-ethyl adjacent to an activating group) is 1. The maximum Gasteiger partial charge on any atom is 0.310 e. The maximum atomic E-state index is 12.1. The largest absolute Gasteiger partial charge is 0.496 e. The highest BCUT2D eigenvalue weighted by Gasteiger charge is 2.17. The van der Waals surface area contributed by atoms with E-state index in [0.717, 1.165) is 5.56 Å². The van der Waals surface area contributed by atoms with Crippen LogP contribution in [0.2, 0.25) is 5.02 Å². The molecular weight excluding hydrogens is 396 g/mol. The van der Waals surface area contributed by atoms with Gasteiger partial charge in [-0.1, -0.05) is 29.3 Å². The Kier molecular flexibility index (Phi) is 8.03. The zero-order valence-corrected chi connectivity index (χ0v) is 17.3. The van der Waals surface area contributed by atoms with E-state index in [-0.39, 0.29) is 18.9 Å². The third-order valence-corrected chi connectivity index (χ3v) is 4.31. The van der Waals surface area contributed by atoms with Gasteiger partial charge in [0.25, 0.3) is 5.91 Å². The number of halogens is 1. The lowest BCUT2D eigenvalue weighted by Crippen LogP contribution is -2.37. The second kappa shape index (κ2) is 10.5. The van der Waals surface area contributed by atoms with Crippen LogP contribution in [0.25, 0.3) is 0 Å². The molecule has 2 amide bonds. The van der Waals surface area contributed by atoms with Gasteiger partial charge in [0, 0.05) is 23.3 Å². The molecule has 1 N–H and O–H groups in total. The number of benzene rings is 2. The zero-order valence-electron chi connectivity index (χ0n) is 16.5. The number of rotatable bonds is 8. The van der Waals surface area contributed by atoms with Crippen molar-refractivity contribution in [2.24, 2.45) is 0 Å². The third kappa shape index (κ3) is 7.12. The Balaban J connectivity index is 1.80. The minimum atomic E-state index is -0.601. The molecule has 0 aromatic heterocycles. The zero-order chi connectivity index (χ0) is 21.4. The van der Waals surface area contributed by atoms with E-state index in [1.54, 1.807) is 30.3 Å². The van der Waals surface area contributed by atoms with Gasteiger partial charge in [0.15, 0.2) is 6.61 Å². The fourth-order valence-corrected chi connectivity index (χ4v) is 2.68. The highest BCUT2D eigenvalue weighted by Crippen LogP contribution is 2.23. The van der Waals surface area contributed by atoms with Gasteiger partial charge < -0.3 is 19.7 Å². The maximum absolute atomic E-state index is 12.1. The van der Waals surface area contributed by atoms with E-state index in [0.29, 0.717) is 22.0 Å². The van der Waals surface area contributed by atoms with Gasteiger partial charge in [-0.05, 0) is 37.3 Å². The summed E-state index contributed by atoms with van der Waals surface area (Å²) in [6, 6.07) is 12.2. The van der Waals surface area contributed by atoms with Crippen LogP contribution in [0.15, 0.2) is 42.5 Å². The molecule has 0 spiro atoms. The van der Waals surface area contributed by atoms with E-state index >= 15 is 0 Å². The smallest absolute Gasteiger partial charge is 0.310 e. The van der Waals surface area contributed by atoms with Gasteiger partial charge in [-0.15, -0.1) is 0 Å². The van der Waals surface area contributed by atoms with E-state index < -0.39 is 18.5 Å². The fourth-order valence-electron chi connectivity index (χ4n) is 2.49. The Morgan fingerprint density at radius 3 is 2.45 bits per heavy atom. The molecule has 0 atom stereocenters. The van der Waals surface area contributed by atoms with Gasteiger partial charge in [-0.2, -0.15) is 0 Å². The second-order valence-electron chi connectivity index (χ2n) is 6.46. The van der Waals surface area contributed by atoms with Gasteiger partial charge in [-0.3, -0.25) is 14.4 Å². The summed E-state index contributed by atoms with van der Waals surface area (Å²) in [7, 11) is 2.95. The number of carbonyl (C=O) groups is 3. The number of nitrogens with zero attached hydrogens (tertiary/aromatic N) is 1. The summed E-state index contributed by atoms with van der Waals surface area (Å²) >= 11 is 5.93. The molecule has 0 fully saturated rings. The van der Waals surface area contributed by atoms with Crippen molar-refractivity contribution in [2.45, 2.75) is 13.3 Å². The van der Waals surface area contributed by atoms with Crippen molar-refractivity contribution in [3.05, 3.63) is 58.6 Å². The van der Waals surface area contributed by atoms with Crippen LogP contribution in [0.3, 0.4) is 0 Å². The van der Waals surface area contributed by atoms with Crippen molar-refractivity contribution in [1.82, 2.24) is 4.90 Å². The van der Waals surface area contributed by atoms with Crippen LogP contribution in [0.1, 0.15) is 11.1 Å². The third-order valence-electron chi connectivity index (χ3n) is 4.08. The summed E-state index contributed by atoms with van der Waals surface area (Å²) in [5.41, 5.74) is 2.28. The quantitative estimate of drug-likeness (QED) is 0.666. The number of nitrogens with one attached hydrogen (secondary N) is 1. The van der Waals surface area contributed by atoms with Gasteiger partial charge in [0.2, 0.25) is 5.91 Å². The summed E-state index contributed by atoms with van der Waals surface area (Å²) in [6.07, 6.45) is -0.0887. The summed E-state index contributed by atoms with van der Waals surface area (Å²) in [6.45, 7) is 1.32. The number of methoxy groups -OCH3 is 1. The van der Waals surface area contributed by atoms with Crippen molar-refractivity contribution in [3.8, 4) is 5.75 Å². The molecule has 0 saturated heterocycles.